The zero-order valence-corrected chi connectivity index (χ0v) is 9.94. The second-order valence-corrected chi connectivity index (χ2v) is 4.10. The van der Waals surface area contributed by atoms with Gasteiger partial charge in [-0.2, -0.15) is 0 Å². The van der Waals surface area contributed by atoms with Gasteiger partial charge in [-0.3, -0.25) is 4.98 Å². The first kappa shape index (κ1) is 11.6. The van der Waals surface area contributed by atoms with Gasteiger partial charge in [0.05, 0.1) is 17.4 Å². The average Bonchev–Trinajstić information content (AvgIpc) is 2.34. The van der Waals surface area contributed by atoms with Gasteiger partial charge >= 0.3 is 0 Å². The summed E-state index contributed by atoms with van der Waals surface area (Å²) in [5, 5.41) is 3.12. The molecule has 1 atom stereocenters. The lowest BCUT2D eigenvalue weighted by Gasteiger charge is -2.15. The minimum Gasteiger partial charge on any atom is -0.375 e. The Hall–Kier alpha value is -1.90. The number of nitrogens with zero attached hydrogens (tertiary/aromatic N) is 1. The topological polar surface area (TPSA) is 24.9 Å². The standard InChI is InChI=1S/C14H15FN2/c1-10-6-7-14(12(15)9-10)17-11(2)13-5-3-4-8-16-13/h3-9,11,17H,1-2H3. The van der Waals surface area contributed by atoms with Gasteiger partial charge in [0.15, 0.2) is 0 Å². The number of benzene rings is 1. The smallest absolute Gasteiger partial charge is 0.146 e. The maximum atomic E-state index is 13.6. The summed E-state index contributed by atoms with van der Waals surface area (Å²) in [5.74, 6) is -0.229. The maximum Gasteiger partial charge on any atom is 0.146 e. The van der Waals surface area contributed by atoms with Crippen molar-refractivity contribution in [2.45, 2.75) is 19.9 Å². The Labute approximate surface area is 101 Å². The van der Waals surface area contributed by atoms with E-state index in [1.54, 1.807) is 12.3 Å². The van der Waals surface area contributed by atoms with Gasteiger partial charge < -0.3 is 5.32 Å². The number of aryl methyl sites for hydroxylation is 1. The molecule has 3 heteroatoms. The number of hydrogen-bond acceptors (Lipinski definition) is 2. The van der Waals surface area contributed by atoms with Gasteiger partial charge in [0.25, 0.3) is 0 Å². The molecule has 2 nitrogen and oxygen atoms in total. The molecular weight excluding hydrogens is 215 g/mol. The van der Waals surface area contributed by atoms with Crippen LogP contribution in [0.3, 0.4) is 0 Å². The maximum absolute atomic E-state index is 13.6. The fourth-order valence-corrected chi connectivity index (χ4v) is 1.68. The lowest BCUT2D eigenvalue weighted by Crippen LogP contribution is -2.09. The Morgan fingerprint density at radius 1 is 1.24 bits per heavy atom. The summed E-state index contributed by atoms with van der Waals surface area (Å²) >= 11 is 0. The Kier molecular flexibility index (Phi) is 3.38. The Bertz CT molecular complexity index is 497. The Balaban J connectivity index is 2.16. The van der Waals surface area contributed by atoms with Crippen LogP contribution in [-0.2, 0) is 0 Å². The van der Waals surface area contributed by atoms with Gasteiger partial charge in [0, 0.05) is 6.20 Å². The number of anilines is 1. The van der Waals surface area contributed by atoms with Crippen molar-refractivity contribution in [3.05, 3.63) is 59.7 Å². The van der Waals surface area contributed by atoms with Crippen LogP contribution in [0.1, 0.15) is 24.2 Å². The lowest BCUT2D eigenvalue weighted by molar-refractivity contribution is 0.626. The third kappa shape index (κ3) is 2.81. The van der Waals surface area contributed by atoms with Gasteiger partial charge in [0.2, 0.25) is 0 Å². The molecule has 0 bridgehead atoms. The van der Waals surface area contributed by atoms with E-state index >= 15 is 0 Å². The van der Waals surface area contributed by atoms with Gasteiger partial charge in [-0.05, 0) is 43.7 Å². The molecule has 0 spiro atoms. The Morgan fingerprint density at radius 3 is 2.71 bits per heavy atom. The third-order valence-electron chi connectivity index (χ3n) is 2.63. The number of hydrogen-bond donors (Lipinski definition) is 1. The van der Waals surface area contributed by atoms with E-state index in [4.69, 9.17) is 0 Å². The number of nitrogens with one attached hydrogen (secondary N) is 1. The van der Waals surface area contributed by atoms with Crippen LogP contribution >= 0.6 is 0 Å². The molecule has 1 N–H and O–H groups in total. The van der Waals surface area contributed by atoms with Crippen LogP contribution < -0.4 is 5.32 Å². The summed E-state index contributed by atoms with van der Waals surface area (Å²) in [6, 6.07) is 10.8. The Morgan fingerprint density at radius 2 is 2.06 bits per heavy atom. The molecule has 2 rings (SSSR count). The molecule has 0 saturated heterocycles. The molecule has 1 heterocycles. The van der Waals surface area contributed by atoms with Crippen LogP contribution in [0.4, 0.5) is 10.1 Å². The van der Waals surface area contributed by atoms with Crippen molar-refractivity contribution in [3.63, 3.8) is 0 Å². The van der Waals surface area contributed by atoms with Crippen LogP contribution in [0.5, 0.6) is 0 Å². The molecule has 0 aliphatic heterocycles. The van der Waals surface area contributed by atoms with Gasteiger partial charge in [-0.1, -0.05) is 12.1 Å². The van der Waals surface area contributed by atoms with Crippen molar-refractivity contribution in [2.75, 3.05) is 5.32 Å². The normalized spacial score (nSPS) is 12.2. The predicted molar refractivity (Wildman–Crippen MR) is 67.4 cm³/mol. The molecule has 17 heavy (non-hydrogen) atoms. The molecule has 0 radical (unpaired) electrons. The van der Waals surface area contributed by atoms with E-state index in [0.29, 0.717) is 5.69 Å². The zero-order valence-electron chi connectivity index (χ0n) is 9.94. The minimum atomic E-state index is -0.229. The highest BCUT2D eigenvalue weighted by Gasteiger charge is 2.08. The largest absolute Gasteiger partial charge is 0.375 e. The van der Waals surface area contributed by atoms with E-state index in [2.05, 4.69) is 10.3 Å². The summed E-state index contributed by atoms with van der Waals surface area (Å²) in [5.41, 5.74) is 2.32. The molecule has 1 aromatic carbocycles. The predicted octanol–water partition coefficient (Wildman–Crippen LogP) is 3.70. The number of aromatic nitrogens is 1. The molecule has 1 aromatic heterocycles. The van der Waals surface area contributed by atoms with E-state index < -0.39 is 0 Å². The monoisotopic (exact) mass is 230 g/mol. The molecule has 0 aliphatic rings. The van der Waals surface area contributed by atoms with Crippen LogP contribution in [0.15, 0.2) is 42.6 Å². The summed E-state index contributed by atoms with van der Waals surface area (Å²) in [7, 11) is 0. The summed E-state index contributed by atoms with van der Waals surface area (Å²) in [6.45, 7) is 3.83. The second-order valence-electron chi connectivity index (χ2n) is 4.10. The van der Waals surface area contributed by atoms with E-state index in [0.717, 1.165) is 11.3 Å². The van der Waals surface area contributed by atoms with Gasteiger partial charge in [-0.15, -0.1) is 0 Å². The van der Waals surface area contributed by atoms with E-state index in [9.17, 15) is 4.39 Å². The minimum absolute atomic E-state index is 0.0200. The van der Waals surface area contributed by atoms with Gasteiger partial charge in [-0.25, -0.2) is 4.39 Å². The highest BCUT2D eigenvalue weighted by atomic mass is 19.1. The molecule has 0 saturated carbocycles. The van der Waals surface area contributed by atoms with E-state index in [-0.39, 0.29) is 11.9 Å². The van der Waals surface area contributed by atoms with Crippen molar-refractivity contribution in [1.82, 2.24) is 4.98 Å². The molecule has 88 valence electrons. The first-order valence-corrected chi connectivity index (χ1v) is 5.60. The summed E-state index contributed by atoms with van der Waals surface area (Å²) < 4.78 is 13.6. The zero-order chi connectivity index (χ0) is 12.3. The quantitative estimate of drug-likeness (QED) is 0.869. The first-order valence-electron chi connectivity index (χ1n) is 5.60. The second kappa shape index (κ2) is 4.95. The van der Waals surface area contributed by atoms with Gasteiger partial charge in [0.1, 0.15) is 5.82 Å². The first-order chi connectivity index (χ1) is 8.16. The number of halogens is 1. The van der Waals surface area contributed by atoms with Crippen LogP contribution in [-0.4, -0.2) is 4.98 Å². The third-order valence-corrected chi connectivity index (χ3v) is 2.63. The van der Waals surface area contributed by atoms with Crippen molar-refractivity contribution in [1.29, 1.82) is 0 Å². The summed E-state index contributed by atoms with van der Waals surface area (Å²) in [4.78, 5) is 4.24. The number of pyridine rings is 1. The highest BCUT2D eigenvalue weighted by Crippen LogP contribution is 2.21. The molecule has 0 fully saturated rings. The van der Waals surface area contributed by atoms with Crippen LogP contribution in [0.25, 0.3) is 0 Å². The fourth-order valence-electron chi connectivity index (χ4n) is 1.68. The lowest BCUT2D eigenvalue weighted by atomic mass is 10.1. The summed E-state index contributed by atoms with van der Waals surface area (Å²) in [6.07, 6.45) is 1.74. The molecule has 0 amide bonds. The van der Waals surface area contributed by atoms with Crippen LogP contribution in [0.2, 0.25) is 0 Å². The fraction of sp³-hybridized carbons (Fsp3) is 0.214. The molecule has 2 aromatic rings. The number of rotatable bonds is 3. The van der Waals surface area contributed by atoms with Crippen molar-refractivity contribution < 1.29 is 4.39 Å². The average molecular weight is 230 g/mol. The van der Waals surface area contributed by atoms with Crippen LogP contribution in [0, 0.1) is 12.7 Å². The SMILES string of the molecule is Cc1ccc(NC(C)c2ccccn2)c(F)c1. The highest BCUT2D eigenvalue weighted by molar-refractivity contribution is 5.47. The van der Waals surface area contributed by atoms with Crippen molar-refractivity contribution in [3.8, 4) is 0 Å². The van der Waals surface area contributed by atoms with E-state index in [1.165, 1.54) is 6.07 Å². The van der Waals surface area contributed by atoms with Crippen molar-refractivity contribution >= 4 is 5.69 Å². The van der Waals surface area contributed by atoms with E-state index in [1.807, 2.05) is 38.1 Å². The molecule has 0 aliphatic carbocycles. The molecule has 1 unspecified atom stereocenters. The molecular formula is C14H15FN2. The van der Waals surface area contributed by atoms with Crippen molar-refractivity contribution in [2.24, 2.45) is 0 Å².